The molecule has 2 bridgehead atoms. The largest absolute Gasteiger partial charge is 0.461 e. The first-order valence-electron chi connectivity index (χ1n) is 12.0. The summed E-state index contributed by atoms with van der Waals surface area (Å²) in [6.07, 6.45) is 12.8. The van der Waals surface area contributed by atoms with Crippen LogP contribution >= 0.6 is 0 Å². The van der Waals surface area contributed by atoms with E-state index in [4.69, 9.17) is 4.74 Å². The summed E-state index contributed by atoms with van der Waals surface area (Å²) in [6.45, 7) is 7.21. The van der Waals surface area contributed by atoms with Crippen molar-refractivity contribution < 1.29 is 14.0 Å². The number of hydrogen-bond acceptors (Lipinski definition) is 2. The lowest BCUT2D eigenvalue weighted by Gasteiger charge is -2.49. The highest BCUT2D eigenvalue weighted by atomic mass is 16.5. The van der Waals surface area contributed by atoms with Gasteiger partial charge in [0, 0.05) is 25.7 Å². The maximum Gasteiger partial charge on any atom is 0.313 e. The summed E-state index contributed by atoms with van der Waals surface area (Å²) < 4.78 is 7.51. The first kappa shape index (κ1) is 20.7. The molecular weight excluding hydrogens is 358 g/mol. The number of hydrogen-bond donors (Lipinski definition) is 0. The van der Waals surface area contributed by atoms with Gasteiger partial charge in [-0.1, -0.05) is 49.8 Å². The summed E-state index contributed by atoms with van der Waals surface area (Å²) in [5.74, 6) is -0.0643. The number of carbonyl (C=O) groups excluding carboxylic acids is 1. The molecule has 3 unspecified atom stereocenters. The number of fused-ring (bicyclic) bond motifs is 2. The molecule has 2 fully saturated rings. The Morgan fingerprint density at radius 3 is 2.45 bits per heavy atom. The molecule has 0 amide bonds. The minimum atomic E-state index is -0.0868. The molecule has 3 heteroatoms. The number of rotatable bonds is 7. The number of nitrogens with zero attached hydrogens (tertiary/aromatic N) is 1. The highest BCUT2D eigenvalue weighted by molar-refractivity contribution is 5.89. The summed E-state index contributed by atoms with van der Waals surface area (Å²) in [5.41, 5.74) is 2.36. The standard InChI is InChI=1S/C26H38NO2/c1-3-5-17-27(4-2)21-15-16-22(27)19-23(18-21)29-26(28)25-14-10-9-13-24(25)20-11-7-6-8-12-20/h6-8,11-13,21-23,25H,3-5,9-10,14-19H2,1-2H3/q+1/t21-,22+,23?,25?,27?. The number of piperidine rings is 1. The molecule has 0 N–H and O–H groups in total. The average molecular weight is 397 g/mol. The molecule has 158 valence electrons. The van der Waals surface area contributed by atoms with Crippen molar-refractivity contribution in [2.75, 3.05) is 13.1 Å². The Kier molecular flexibility index (Phi) is 6.44. The molecule has 3 nitrogen and oxygen atoms in total. The van der Waals surface area contributed by atoms with Crippen molar-refractivity contribution >= 4 is 11.5 Å². The van der Waals surface area contributed by atoms with Crippen LogP contribution in [0.5, 0.6) is 0 Å². The van der Waals surface area contributed by atoms with Crippen LogP contribution in [0, 0.1) is 5.92 Å². The lowest BCUT2D eigenvalue weighted by atomic mass is 9.83. The van der Waals surface area contributed by atoms with Gasteiger partial charge in [0.05, 0.1) is 31.1 Å². The van der Waals surface area contributed by atoms with E-state index in [9.17, 15) is 4.79 Å². The van der Waals surface area contributed by atoms with Gasteiger partial charge < -0.3 is 9.22 Å². The molecule has 0 aromatic heterocycles. The Hall–Kier alpha value is -1.61. The van der Waals surface area contributed by atoms with Crippen molar-refractivity contribution in [3.8, 4) is 0 Å². The maximum absolute atomic E-state index is 13.2. The van der Waals surface area contributed by atoms with E-state index in [1.165, 1.54) is 54.4 Å². The van der Waals surface area contributed by atoms with Gasteiger partial charge in [-0.3, -0.25) is 4.79 Å². The SMILES string of the molecule is CCCC[N+]1(CC)[C@@H]2CC[C@H]1CC(OC(=O)C1CCCC=C1c1ccccc1)C2. The van der Waals surface area contributed by atoms with Crippen LogP contribution < -0.4 is 0 Å². The number of ether oxygens (including phenoxy) is 1. The molecule has 1 aromatic carbocycles. The molecule has 2 aliphatic heterocycles. The van der Waals surface area contributed by atoms with Crippen molar-refractivity contribution in [1.29, 1.82) is 0 Å². The summed E-state index contributed by atoms with van der Waals surface area (Å²) in [6, 6.07) is 11.8. The number of esters is 1. The Bertz CT molecular complexity index is 711. The zero-order chi connectivity index (χ0) is 20.3. The van der Waals surface area contributed by atoms with Gasteiger partial charge in [0.25, 0.3) is 0 Å². The fraction of sp³-hybridized carbons (Fsp3) is 0.654. The number of carbonyl (C=O) groups is 1. The summed E-state index contributed by atoms with van der Waals surface area (Å²) >= 11 is 0. The lowest BCUT2D eigenvalue weighted by molar-refractivity contribution is -0.965. The van der Waals surface area contributed by atoms with Gasteiger partial charge in [0.1, 0.15) is 6.10 Å². The lowest BCUT2D eigenvalue weighted by Crippen LogP contribution is -2.61. The minimum absolute atomic E-state index is 0.0225. The topological polar surface area (TPSA) is 26.3 Å². The molecule has 2 heterocycles. The third-order valence-electron chi connectivity index (χ3n) is 7.99. The van der Waals surface area contributed by atoms with Crippen LogP contribution in [0.25, 0.3) is 5.57 Å². The molecule has 5 atom stereocenters. The second-order valence-corrected chi connectivity index (χ2v) is 9.42. The van der Waals surface area contributed by atoms with E-state index in [0.29, 0.717) is 12.1 Å². The first-order chi connectivity index (χ1) is 14.2. The Balaban J connectivity index is 1.43. The molecule has 0 spiro atoms. The van der Waals surface area contributed by atoms with Gasteiger partial charge in [-0.25, -0.2) is 0 Å². The minimum Gasteiger partial charge on any atom is -0.461 e. The molecule has 4 rings (SSSR count). The summed E-state index contributed by atoms with van der Waals surface area (Å²) in [5, 5.41) is 0. The van der Waals surface area contributed by atoms with Crippen molar-refractivity contribution in [2.24, 2.45) is 5.92 Å². The van der Waals surface area contributed by atoms with Crippen LogP contribution in [0.4, 0.5) is 0 Å². The number of quaternary nitrogens is 1. The second kappa shape index (κ2) is 9.04. The van der Waals surface area contributed by atoms with Gasteiger partial charge in [-0.2, -0.15) is 0 Å². The zero-order valence-electron chi connectivity index (χ0n) is 18.3. The molecule has 0 radical (unpaired) electrons. The first-order valence-corrected chi connectivity index (χ1v) is 12.0. The van der Waals surface area contributed by atoms with Crippen LogP contribution in [-0.2, 0) is 9.53 Å². The van der Waals surface area contributed by atoms with E-state index in [1.54, 1.807) is 0 Å². The molecular formula is C26H38NO2+. The van der Waals surface area contributed by atoms with Gasteiger partial charge in [0.15, 0.2) is 0 Å². The quantitative estimate of drug-likeness (QED) is 0.434. The van der Waals surface area contributed by atoms with Crippen LogP contribution in [0.3, 0.4) is 0 Å². The van der Waals surface area contributed by atoms with Crippen molar-refractivity contribution in [2.45, 2.75) is 89.8 Å². The maximum atomic E-state index is 13.2. The molecule has 2 saturated heterocycles. The molecule has 1 aromatic rings. The molecule has 3 aliphatic rings. The van der Waals surface area contributed by atoms with Crippen LogP contribution in [-0.4, -0.2) is 41.7 Å². The number of allylic oxidation sites excluding steroid dienone is 1. The predicted molar refractivity (Wildman–Crippen MR) is 118 cm³/mol. The summed E-state index contributed by atoms with van der Waals surface area (Å²) in [7, 11) is 0. The van der Waals surface area contributed by atoms with E-state index in [2.05, 4.69) is 44.2 Å². The Morgan fingerprint density at radius 1 is 1.07 bits per heavy atom. The normalized spacial score (nSPS) is 33.9. The molecule has 1 aliphatic carbocycles. The fourth-order valence-electron chi connectivity index (χ4n) is 6.46. The third kappa shape index (κ3) is 4.03. The van der Waals surface area contributed by atoms with Gasteiger partial charge in [0.2, 0.25) is 0 Å². The van der Waals surface area contributed by atoms with Crippen molar-refractivity contribution in [1.82, 2.24) is 0 Å². The monoisotopic (exact) mass is 396 g/mol. The van der Waals surface area contributed by atoms with E-state index in [1.807, 2.05) is 6.07 Å². The van der Waals surface area contributed by atoms with Gasteiger partial charge in [-0.15, -0.1) is 0 Å². The Morgan fingerprint density at radius 2 is 1.79 bits per heavy atom. The molecule has 29 heavy (non-hydrogen) atoms. The van der Waals surface area contributed by atoms with Gasteiger partial charge in [-0.05, 0) is 43.7 Å². The third-order valence-corrected chi connectivity index (χ3v) is 7.99. The average Bonchev–Trinajstić information content (AvgIpc) is 2.94. The van der Waals surface area contributed by atoms with E-state index < -0.39 is 0 Å². The highest BCUT2D eigenvalue weighted by Gasteiger charge is 2.53. The number of unbranched alkanes of at least 4 members (excludes halogenated alkanes) is 1. The fourth-order valence-corrected chi connectivity index (χ4v) is 6.46. The van der Waals surface area contributed by atoms with Gasteiger partial charge >= 0.3 is 5.97 Å². The highest BCUT2D eigenvalue weighted by Crippen LogP contribution is 2.44. The Labute approximate surface area is 176 Å². The zero-order valence-corrected chi connectivity index (χ0v) is 18.3. The molecule has 0 saturated carbocycles. The second-order valence-electron chi connectivity index (χ2n) is 9.42. The van der Waals surface area contributed by atoms with Crippen LogP contribution in [0.1, 0.15) is 77.2 Å². The van der Waals surface area contributed by atoms with Crippen LogP contribution in [0.15, 0.2) is 36.4 Å². The van der Waals surface area contributed by atoms with Crippen LogP contribution in [0.2, 0.25) is 0 Å². The van der Waals surface area contributed by atoms with Crippen molar-refractivity contribution in [3.63, 3.8) is 0 Å². The smallest absolute Gasteiger partial charge is 0.313 e. The van der Waals surface area contributed by atoms with E-state index in [-0.39, 0.29) is 18.0 Å². The van der Waals surface area contributed by atoms with E-state index in [0.717, 1.165) is 32.1 Å². The summed E-state index contributed by atoms with van der Waals surface area (Å²) in [4.78, 5) is 13.2. The van der Waals surface area contributed by atoms with E-state index >= 15 is 0 Å². The van der Waals surface area contributed by atoms with Crippen molar-refractivity contribution in [3.05, 3.63) is 42.0 Å². The predicted octanol–water partition coefficient (Wildman–Crippen LogP) is 5.74. The number of benzene rings is 1.